The van der Waals surface area contributed by atoms with Gasteiger partial charge in [0, 0.05) is 23.4 Å². The first-order chi connectivity index (χ1) is 12.1. The number of aliphatic imine (C=N–C) groups is 1. The smallest absolute Gasteiger partial charge is 0.408 e. The van der Waals surface area contributed by atoms with Crippen LogP contribution in [0, 0.1) is 0 Å². The van der Waals surface area contributed by atoms with Crippen molar-refractivity contribution < 1.29 is 9.21 Å². The minimum atomic E-state index is -0.451. The second kappa shape index (κ2) is 6.54. The second-order valence-electron chi connectivity index (χ2n) is 5.57. The van der Waals surface area contributed by atoms with Crippen molar-refractivity contribution in [2.75, 3.05) is 12.3 Å². The summed E-state index contributed by atoms with van der Waals surface area (Å²) in [5.41, 5.74) is 1.91. The molecule has 4 rings (SSSR count). The van der Waals surface area contributed by atoms with Crippen LogP contribution in [-0.2, 0) is 6.54 Å². The van der Waals surface area contributed by atoms with E-state index in [1.165, 1.54) is 4.57 Å². The van der Waals surface area contributed by atoms with Crippen molar-refractivity contribution in [1.82, 2.24) is 4.57 Å². The third-order valence-corrected chi connectivity index (χ3v) is 5.30. The summed E-state index contributed by atoms with van der Waals surface area (Å²) in [5, 5.41) is 1.29. The highest BCUT2D eigenvalue weighted by Gasteiger charge is 2.18. The molecule has 0 unspecified atom stereocenters. The highest BCUT2D eigenvalue weighted by Crippen LogP contribution is 2.23. The summed E-state index contributed by atoms with van der Waals surface area (Å²) in [4.78, 5) is 29.3. The van der Waals surface area contributed by atoms with Crippen LogP contribution in [-0.4, -0.2) is 27.7 Å². The molecule has 0 aliphatic carbocycles. The van der Waals surface area contributed by atoms with Gasteiger partial charge in [-0.1, -0.05) is 23.7 Å². The molecule has 0 saturated carbocycles. The molecule has 0 N–H and O–H groups in total. The number of ketones is 1. The second-order valence-corrected chi connectivity index (χ2v) is 7.14. The summed E-state index contributed by atoms with van der Waals surface area (Å²) < 4.78 is 6.79. The zero-order chi connectivity index (χ0) is 17.4. The van der Waals surface area contributed by atoms with Gasteiger partial charge in [-0.2, -0.15) is 0 Å². The van der Waals surface area contributed by atoms with Gasteiger partial charge in [0.05, 0.1) is 22.1 Å². The van der Waals surface area contributed by atoms with Crippen molar-refractivity contribution in [3.63, 3.8) is 0 Å². The maximum atomic E-state index is 12.7. The first kappa shape index (κ1) is 16.2. The van der Waals surface area contributed by atoms with Crippen LogP contribution in [0.4, 0.5) is 0 Å². The van der Waals surface area contributed by atoms with Crippen molar-refractivity contribution in [2.45, 2.75) is 6.54 Å². The molecule has 2 heterocycles. The highest BCUT2D eigenvalue weighted by molar-refractivity contribution is 8.14. The molecule has 2 aromatic carbocycles. The quantitative estimate of drug-likeness (QED) is 0.656. The topological polar surface area (TPSA) is 64.6 Å². The minimum Gasteiger partial charge on any atom is -0.408 e. The maximum Gasteiger partial charge on any atom is 0.420 e. The number of nitrogens with zero attached hydrogens (tertiary/aromatic N) is 2. The number of halogens is 1. The average Bonchev–Trinajstić information content (AvgIpc) is 3.23. The predicted molar refractivity (Wildman–Crippen MR) is 100 cm³/mol. The van der Waals surface area contributed by atoms with Gasteiger partial charge in [-0.3, -0.25) is 14.4 Å². The van der Waals surface area contributed by atoms with E-state index >= 15 is 0 Å². The Kier molecular flexibility index (Phi) is 4.23. The molecule has 5 nitrogen and oxygen atoms in total. The zero-order valence-electron chi connectivity index (χ0n) is 13.1. The Morgan fingerprint density at radius 2 is 2.12 bits per heavy atom. The number of aromatic nitrogens is 1. The molecule has 1 aliphatic rings. The third kappa shape index (κ3) is 3.03. The molecule has 3 aromatic rings. The van der Waals surface area contributed by atoms with Gasteiger partial charge in [0.25, 0.3) is 0 Å². The van der Waals surface area contributed by atoms with Crippen LogP contribution in [0.25, 0.3) is 11.1 Å². The lowest BCUT2D eigenvalue weighted by Gasteiger charge is -2.05. The van der Waals surface area contributed by atoms with E-state index in [0.29, 0.717) is 33.8 Å². The molecule has 0 fully saturated rings. The summed E-state index contributed by atoms with van der Waals surface area (Å²) in [5.74, 6) is 0.281. The number of carbonyl (C=O) groups is 1. The third-order valence-electron chi connectivity index (χ3n) is 3.99. The molecule has 0 spiro atoms. The average molecular weight is 373 g/mol. The molecule has 0 amide bonds. The van der Waals surface area contributed by atoms with Crippen molar-refractivity contribution >= 4 is 45.3 Å². The van der Waals surface area contributed by atoms with Crippen LogP contribution in [0.1, 0.15) is 15.9 Å². The van der Waals surface area contributed by atoms with Crippen molar-refractivity contribution in [3.8, 4) is 0 Å². The Morgan fingerprint density at radius 1 is 1.28 bits per heavy atom. The Labute approximate surface area is 152 Å². The van der Waals surface area contributed by atoms with Gasteiger partial charge in [-0.25, -0.2) is 4.79 Å². The van der Waals surface area contributed by atoms with Gasteiger partial charge in [0.2, 0.25) is 0 Å². The molecular formula is C18H13ClN2O3S. The Morgan fingerprint density at radius 3 is 2.88 bits per heavy atom. The number of carbonyl (C=O) groups excluding carboxylic acids is 1. The van der Waals surface area contributed by atoms with Crippen molar-refractivity contribution in [3.05, 3.63) is 69.2 Å². The molecule has 1 aromatic heterocycles. The fourth-order valence-corrected chi connectivity index (χ4v) is 3.81. The van der Waals surface area contributed by atoms with E-state index in [1.54, 1.807) is 54.2 Å². The van der Waals surface area contributed by atoms with E-state index < -0.39 is 5.76 Å². The summed E-state index contributed by atoms with van der Waals surface area (Å²) in [7, 11) is 0. The van der Waals surface area contributed by atoms with E-state index in [0.717, 1.165) is 17.3 Å². The van der Waals surface area contributed by atoms with Crippen LogP contribution in [0.5, 0.6) is 0 Å². The maximum absolute atomic E-state index is 12.7. The summed E-state index contributed by atoms with van der Waals surface area (Å²) >= 11 is 7.75. The predicted octanol–water partition coefficient (Wildman–Crippen LogP) is 3.62. The molecule has 25 heavy (non-hydrogen) atoms. The molecule has 0 bridgehead atoms. The van der Waals surface area contributed by atoms with Crippen LogP contribution >= 0.6 is 23.4 Å². The Balaban J connectivity index is 1.78. The SMILES string of the molecule is O=C(c1ccc2oc(=O)n(CC3=NCCS3)c2c1)c1ccccc1Cl. The van der Waals surface area contributed by atoms with Gasteiger partial charge < -0.3 is 4.42 Å². The monoisotopic (exact) mass is 372 g/mol. The lowest BCUT2D eigenvalue weighted by atomic mass is 10.0. The largest absolute Gasteiger partial charge is 0.420 e. The molecule has 0 atom stereocenters. The number of oxazole rings is 1. The van der Waals surface area contributed by atoms with Crippen LogP contribution in [0.15, 0.2) is 56.7 Å². The first-order valence-corrected chi connectivity index (χ1v) is 9.08. The molecule has 0 radical (unpaired) electrons. The normalized spacial score (nSPS) is 14.0. The highest BCUT2D eigenvalue weighted by atomic mass is 35.5. The molecular weight excluding hydrogens is 360 g/mol. The zero-order valence-corrected chi connectivity index (χ0v) is 14.6. The molecule has 126 valence electrons. The Hall–Kier alpha value is -2.31. The van der Waals surface area contributed by atoms with E-state index in [9.17, 15) is 9.59 Å². The minimum absolute atomic E-state index is 0.194. The van der Waals surface area contributed by atoms with Crippen LogP contribution in [0.3, 0.4) is 0 Å². The number of thioether (sulfide) groups is 1. The van der Waals surface area contributed by atoms with Gasteiger partial charge in [-0.05, 0) is 30.3 Å². The number of fused-ring (bicyclic) bond motifs is 1. The summed E-state index contributed by atoms with van der Waals surface area (Å²) in [6.07, 6.45) is 0. The van der Waals surface area contributed by atoms with E-state index in [-0.39, 0.29) is 5.78 Å². The lowest BCUT2D eigenvalue weighted by molar-refractivity contribution is 0.103. The van der Waals surface area contributed by atoms with Gasteiger partial charge in [-0.15, -0.1) is 11.8 Å². The fraction of sp³-hybridized carbons (Fsp3) is 0.167. The van der Waals surface area contributed by atoms with Gasteiger partial charge >= 0.3 is 5.76 Å². The number of hydrogen-bond acceptors (Lipinski definition) is 5. The molecule has 7 heteroatoms. The van der Waals surface area contributed by atoms with Crippen molar-refractivity contribution in [2.24, 2.45) is 4.99 Å². The van der Waals surface area contributed by atoms with Gasteiger partial charge in [0.1, 0.15) is 0 Å². The molecule has 0 saturated heterocycles. The summed E-state index contributed by atoms with van der Waals surface area (Å²) in [6, 6.07) is 11.9. The van der Waals surface area contributed by atoms with Crippen LogP contribution in [0.2, 0.25) is 5.02 Å². The van der Waals surface area contributed by atoms with Crippen molar-refractivity contribution in [1.29, 1.82) is 0 Å². The lowest BCUT2D eigenvalue weighted by Crippen LogP contribution is -2.18. The van der Waals surface area contributed by atoms with Crippen LogP contribution < -0.4 is 5.76 Å². The number of benzene rings is 2. The summed E-state index contributed by atoms with van der Waals surface area (Å²) in [6.45, 7) is 1.13. The van der Waals surface area contributed by atoms with E-state index in [2.05, 4.69) is 4.99 Å². The number of rotatable bonds is 4. The van der Waals surface area contributed by atoms with E-state index in [4.69, 9.17) is 16.0 Å². The fourth-order valence-electron chi connectivity index (χ4n) is 2.76. The molecule has 1 aliphatic heterocycles. The standard InChI is InChI=1S/C18H13ClN2O3S/c19-13-4-2-1-3-12(13)17(22)11-5-6-15-14(9-11)21(18(23)24-15)10-16-20-7-8-25-16/h1-6,9H,7-8,10H2. The Bertz CT molecular complexity index is 1070. The number of hydrogen-bond donors (Lipinski definition) is 0. The van der Waals surface area contributed by atoms with E-state index in [1.807, 2.05) is 0 Å². The first-order valence-electron chi connectivity index (χ1n) is 7.72. The van der Waals surface area contributed by atoms with Gasteiger partial charge in [0.15, 0.2) is 11.4 Å².